The number of piperazine rings is 1. The van der Waals surface area contributed by atoms with Crippen molar-refractivity contribution in [2.24, 2.45) is 35.5 Å². The van der Waals surface area contributed by atoms with Crippen LogP contribution >= 0.6 is 11.5 Å². The molecular formula is C28H36N4O3S. The van der Waals surface area contributed by atoms with E-state index in [1.54, 1.807) is 4.90 Å². The van der Waals surface area contributed by atoms with Crippen molar-refractivity contribution in [1.82, 2.24) is 9.27 Å². The van der Waals surface area contributed by atoms with Gasteiger partial charge in [-0.05, 0) is 73.5 Å². The van der Waals surface area contributed by atoms with Crippen LogP contribution in [0.25, 0.3) is 10.1 Å². The van der Waals surface area contributed by atoms with Gasteiger partial charge in [0, 0.05) is 17.8 Å². The fourth-order valence-electron chi connectivity index (χ4n) is 8.40. The van der Waals surface area contributed by atoms with Gasteiger partial charge in [0.15, 0.2) is 5.82 Å². The monoisotopic (exact) mass is 508 g/mol. The summed E-state index contributed by atoms with van der Waals surface area (Å²) in [5.41, 5.74) is 0. The maximum atomic E-state index is 13.9. The molecule has 7 rings (SSSR count). The molecule has 3 aliphatic carbocycles. The van der Waals surface area contributed by atoms with Crippen LogP contribution in [0.2, 0.25) is 0 Å². The number of hydroxylamine groups is 3. The summed E-state index contributed by atoms with van der Waals surface area (Å²) >= 11 is 1.53. The topological polar surface area (TPSA) is 76.6 Å². The quantitative estimate of drug-likeness (QED) is 0.343. The van der Waals surface area contributed by atoms with E-state index in [0.717, 1.165) is 63.9 Å². The Morgan fingerprint density at radius 1 is 0.944 bits per heavy atom. The van der Waals surface area contributed by atoms with Gasteiger partial charge in [0.05, 0.1) is 49.3 Å². The summed E-state index contributed by atoms with van der Waals surface area (Å²) < 4.78 is 5.73. The number of anilines is 1. The summed E-state index contributed by atoms with van der Waals surface area (Å²) in [7, 11) is 0. The molecular weight excluding hydrogens is 472 g/mol. The van der Waals surface area contributed by atoms with Gasteiger partial charge in [0.2, 0.25) is 11.8 Å². The number of fused-ring (bicyclic) bond motifs is 6. The Balaban J connectivity index is 1.01. The minimum atomic E-state index is -0.156. The van der Waals surface area contributed by atoms with Gasteiger partial charge in [0.1, 0.15) is 0 Å². The first-order chi connectivity index (χ1) is 17.5. The Morgan fingerprint density at radius 2 is 1.61 bits per heavy atom. The summed E-state index contributed by atoms with van der Waals surface area (Å²) in [6.07, 6.45) is 7.68. The number of carbonyl (C=O) groups is 2. The summed E-state index contributed by atoms with van der Waals surface area (Å²) in [4.78, 5) is 30.5. The van der Waals surface area contributed by atoms with Crippen molar-refractivity contribution in [1.29, 1.82) is 0 Å². The highest BCUT2D eigenvalue weighted by Crippen LogP contribution is 2.56. The molecule has 192 valence electrons. The molecule has 1 aromatic heterocycles. The summed E-state index contributed by atoms with van der Waals surface area (Å²) in [5.74, 6) is 2.59. The number of quaternary nitrogens is 1. The van der Waals surface area contributed by atoms with Crippen LogP contribution in [-0.2, 0) is 9.59 Å². The average Bonchev–Trinajstić information content (AvgIpc) is 3.66. The molecule has 3 saturated carbocycles. The fourth-order valence-corrected chi connectivity index (χ4v) is 9.20. The number of rotatable bonds is 5. The molecule has 0 radical (unpaired) electrons. The van der Waals surface area contributed by atoms with Crippen LogP contribution < -0.4 is 4.90 Å². The van der Waals surface area contributed by atoms with Crippen LogP contribution in [-0.4, -0.2) is 65.0 Å². The number of amides is 2. The van der Waals surface area contributed by atoms with E-state index in [-0.39, 0.29) is 34.2 Å². The number of carbonyl (C=O) groups excluding carboxylic acids is 2. The number of benzene rings is 1. The molecule has 2 saturated heterocycles. The summed E-state index contributed by atoms with van der Waals surface area (Å²) in [6, 6.07) is 8.32. The number of imide groups is 1. The van der Waals surface area contributed by atoms with Gasteiger partial charge >= 0.3 is 0 Å². The molecule has 0 N–H and O–H groups in total. The van der Waals surface area contributed by atoms with E-state index in [4.69, 9.17) is 4.37 Å². The summed E-state index contributed by atoms with van der Waals surface area (Å²) in [5, 5.41) is 15.1. The first-order valence-corrected chi connectivity index (χ1v) is 14.8. The standard InChI is InChI=1S/C28H36N4O3S/c33-27-24-18-9-10-19(15-18)25(24)28(34)31(27)16-20-5-1-2-6-21(20)17-32(35)13-11-30(12-14-32)26-22-7-3-4-8-23(22)36-29-26/h3-4,7-8,18-21,24-25H,1-2,5-6,9-17H2/t18-,19+,20-,21-,24+,25-/m0/s1. The number of likely N-dealkylation sites (tertiary alicyclic amines) is 1. The second-order valence-electron chi connectivity index (χ2n) is 12.2. The largest absolute Gasteiger partial charge is 0.633 e. The molecule has 0 unspecified atom stereocenters. The van der Waals surface area contributed by atoms with Gasteiger partial charge in [-0.2, -0.15) is 4.37 Å². The average molecular weight is 509 g/mol. The first-order valence-electron chi connectivity index (χ1n) is 14.0. The van der Waals surface area contributed by atoms with Gasteiger partial charge in [-0.3, -0.25) is 14.5 Å². The zero-order chi connectivity index (χ0) is 24.4. The molecule has 5 fully saturated rings. The summed E-state index contributed by atoms with van der Waals surface area (Å²) in [6.45, 7) is 3.76. The highest BCUT2D eigenvalue weighted by molar-refractivity contribution is 7.13. The van der Waals surface area contributed by atoms with Crippen molar-refractivity contribution in [3.63, 3.8) is 0 Å². The molecule has 3 heterocycles. The molecule has 2 amide bonds. The van der Waals surface area contributed by atoms with Crippen LogP contribution in [0.3, 0.4) is 0 Å². The van der Waals surface area contributed by atoms with E-state index in [0.29, 0.717) is 43.9 Å². The van der Waals surface area contributed by atoms with Crippen molar-refractivity contribution in [3.8, 4) is 0 Å². The molecule has 2 aliphatic heterocycles. The SMILES string of the molecule is O=C1[C@@H]2[C@H]3CC[C@H](C3)[C@@H]2C(=O)N1C[C@@H]1CCCC[C@H]1C[N+]1([O-])CCN(c2nsc3ccccc23)CC1. The Morgan fingerprint density at radius 3 is 2.33 bits per heavy atom. The Labute approximate surface area is 216 Å². The third kappa shape index (κ3) is 3.71. The second-order valence-corrected chi connectivity index (χ2v) is 13.0. The molecule has 5 aliphatic rings. The highest BCUT2D eigenvalue weighted by Gasteiger charge is 2.61. The maximum absolute atomic E-state index is 13.9. The van der Waals surface area contributed by atoms with Crippen LogP contribution in [0.15, 0.2) is 24.3 Å². The zero-order valence-electron chi connectivity index (χ0n) is 20.9. The lowest BCUT2D eigenvalue weighted by molar-refractivity contribution is -0.885. The molecule has 36 heavy (non-hydrogen) atoms. The van der Waals surface area contributed by atoms with E-state index in [1.165, 1.54) is 21.6 Å². The van der Waals surface area contributed by atoms with Gasteiger partial charge in [0.25, 0.3) is 0 Å². The van der Waals surface area contributed by atoms with Gasteiger partial charge in [-0.15, -0.1) is 0 Å². The fraction of sp³-hybridized carbons (Fsp3) is 0.679. The minimum absolute atomic E-state index is 0.0361. The van der Waals surface area contributed by atoms with Crippen molar-refractivity contribution in [3.05, 3.63) is 29.5 Å². The van der Waals surface area contributed by atoms with Gasteiger partial charge < -0.3 is 14.8 Å². The van der Waals surface area contributed by atoms with Crippen LogP contribution in [0.1, 0.15) is 44.9 Å². The van der Waals surface area contributed by atoms with Gasteiger partial charge in [-0.25, -0.2) is 0 Å². The van der Waals surface area contributed by atoms with Crippen molar-refractivity contribution >= 4 is 39.3 Å². The van der Waals surface area contributed by atoms with E-state index in [9.17, 15) is 14.8 Å². The molecule has 8 heteroatoms. The Bertz CT molecular complexity index is 1150. The third-order valence-corrected chi connectivity index (χ3v) is 11.1. The lowest BCUT2D eigenvalue weighted by atomic mass is 9.78. The smallest absolute Gasteiger partial charge is 0.233 e. The molecule has 7 nitrogen and oxygen atoms in total. The van der Waals surface area contributed by atoms with Crippen LogP contribution in [0, 0.1) is 40.7 Å². The maximum Gasteiger partial charge on any atom is 0.233 e. The molecule has 2 bridgehead atoms. The predicted octanol–water partition coefficient (Wildman–Crippen LogP) is 4.27. The van der Waals surface area contributed by atoms with Crippen LogP contribution in [0.4, 0.5) is 5.82 Å². The van der Waals surface area contributed by atoms with Crippen molar-refractivity contribution < 1.29 is 14.2 Å². The van der Waals surface area contributed by atoms with Gasteiger partial charge in [-0.1, -0.05) is 25.0 Å². The molecule has 2 aromatic rings. The number of hydrogen-bond acceptors (Lipinski definition) is 6. The number of nitrogens with zero attached hydrogens (tertiary/aromatic N) is 4. The van der Waals surface area contributed by atoms with E-state index in [1.807, 2.05) is 6.07 Å². The van der Waals surface area contributed by atoms with Crippen LogP contribution in [0.5, 0.6) is 0 Å². The number of aromatic nitrogens is 1. The lowest BCUT2D eigenvalue weighted by Gasteiger charge is -2.51. The molecule has 1 aromatic carbocycles. The lowest BCUT2D eigenvalue weighted by Crippen LogP contribution is -2.59. The molecule has 6 atom stereocenters. The minimum Gasteiger partial charge on any atom is -0.633 e. The zero-order valence-corrected chi connectivity index (χ0v) is 21.7. The van der Waals surface area contributed by atoms with E-state index in [2.05, 4.69) is 23.1 Å². The predicted molar refractivity (Wildman–Crippen MR) is 140 cm³/mol. The second kappa shape index (κ2) is 8.77. The normalized spacial score (nSPS) is 35.7. The van der Waals surface area contributed by atoms with E-state index >= 15 is 0 Å². The van der Waals surface area contributed by atoms with Crippen molar-refractivity contribution in [2.45, 2.75) is 44.9 Å². The van der Waals surface area contributed by atoms with E-state index < -0.39 is 0 Å². The first kappa shape index (κ1) is 23.1. The Kier molecular flexibility index (Phi) is 5.63. The number of hydrogen-bond donors (Lipinski definition) is 0. The Hall–Kier alpha value is -2.03. The molecule has 0 spiro atoms. The van der Waals surface area contributed by atoms with Crippen molar-refractivity contribution in [2.75, 3.05) is 44.2 Å². The highest BCUT2D eigenvalue weighted by atomic mass is 32.1. The third-order valence-electron chi connectivity index (χ3n) is 10.3.